The molecular formula is C8H15N3O4. The molecule has 0 spiro atoms. The molecule has 0 aliphatic carbocycles. The predicted molar refractivity (Wildman–Crippen MR) is 51.6 cm³/mol. The lowest BCUT2D eigenvalue weighted by Crippen LogP contribution is -2.42. The summed E-state index contributed by atoms with van der Waals surface area (Å²) in [6.07, 6.45) is -0.140. The van der Waals surface area contributed by atoms with E-state index in [0.717, 1.165) is 0 Å². The number of carbonyl (C=O) groups is 3. The van der Waals surface area contributed by atoms with E-state index in [9.17, 15) is 14.4 Å². The number of carboxylic acids is 1. The summed E-state index contributed by atoms with van der Waals surface area (Å²) in [5, 5.41) is 10.4. The van der Waals surface area contributed by atoms with Gasteiger partial charge in [-0.3, -0.25) is 19.7 Å². The highest BCUT2D eigenvalue weighted by molar-refractivity contribution is 5.97. The fraction of sp³-hybridized carbons (Fsp3) is 0.625. The zero-order chi connectivity index (χ0) is 12.0. The molecule has 15 heavy (non-hydrogen) atoms. The molecule has 2 atom stereocenters. The molecule has 0 radical (unpaired) electrons. The Balaban J connectivity index is 3.86. The third-order valence-electron chi connectivity index (χ3n) is 1.68. The van der Waals surface area contributed by atoms with Crippen molar-refractivity contribution in [3.8, 4) is 0 Å². The summed E-state index contributed by atoms with van der Waals surface area (Å²) in [5.41, 5.74) is 10.4. The van der Waals surface area contributed by atoms with Gasteiger partial charge in [-0.2, -0.15) is 0 Å². The van der Waals surface area contributed by atoms with Crippen molar-refractivity contribution in [1.82, 2.24) is 5.32 Å². The van der Waals surface area contributed by atoms with Crippen LogP contribution in [0.5, 0.6) is 0 Å². The molecule has 0 aromatic rings. The second kappa shape index (κ2) is 6.10. The lowest BCUT2D eigenvalue weighted by Gasteiger charge is -2.07. The highest BCUT2D eigenvalue weighted by Gasteiger charge is 2.15. The first-order chi connectivity index (χ1) is 6.84. The largest absolute Gasteiger partial charge is 0.480 e. The Morgan fingerprint density at radius 3 is 2.27 bits per heavy atom. The van der Waals surface area contributed by atoms with Gasteiger partial charge in [-0.25, -0.2) is 0 Å². The maximum atomic E-state index is 11.0. The van der Waals surface area contributed by atoms with Crippen molar-refractivity contribution in [1.29, 1.82) is 0 Å². The summed E-state index contributed by atoms with van der Waals surface area (Å²) >= 11 is 0. The molecule has 0 heterocycles. The quantitative estimate of drug-likeness (QED) is 0.427. The van der Waals surface area contributed by atoms with Gasteiger partial charge in [-0.15, -0.1) is 0 Å². The lowest BCUT2D eigenvalue weighted by molar-refractivity contribution is -0.138. The zero-order valence-corrected chi connectivity index (χ0v) is 8.40. The smallest absolute Gasteiger partial charge is 0.320 e. The SMILES string of the molecule is C[C@H](N)C(=O)NC(=O)CC[C@H](N)C(=O)O. The van der Waals surface area contributed by atoms with Crippen LogP contribution in [-0.2, 0) is 14.4 Å². The van der Waals surface area contributed by atoms with Crippen molar-refractivity contribution < 1.29 is 19.5 Å². The number of aliphatic carboxylic acids is 1. The van der Waals surface area contributed by atoms with E-state index in [1.54, 1.807) is 0 Å². The molecule has 0 aromatic heterocycles. The molecule has 7 nitrogen and oxygen atoms in total. The predicted octanol–water partition coefficient (Wildman–Crippen LogP) is -1.83. The Morgan fingerprint density at radius 1 is 1.33 bits per heavy atom. The van der Waals surface area contributed by atoms with E-state index in [0.29, 0.717) is 0 Å². The minimum Gasteiger partial charge on any atom is -0.480 e. The summed E-state index contributed by atoms with van der Waals surface area (Å²) in [6.45, 7) is 1.44. The molecule has 0 bridgehead atoms. The minimum absolute atomic E-state index is 0.0204. The number of nitrogens with one attached hydrogen (secondary N) is 1. The fourth-order valence-electron chi connectivity index (χ4n) is 0.724. The Kier molecular flexibility index (Phi) is 5.50. The summed E-state index contributed by atoms with van der Waals surface area (Å²) in [5.74, 6) is -2.35. The third kappa shape index (κ3) is 5.76. The van der Waals surface area contributed by atoms with E-state index in [2.05, 4.69) is 0 Å². The maximum Gasteiger partial charge on any atom is 0.320 e. The van der Waals surface area contributed by atoms with Crippen molar-refractivity contribution in [3.05, 3.63) is 0 Å². The number of nitrogens with two attached hydrogens (primary N) is 2. The van der Waals surface area contributed by atoms with Gasteiger partial charge >= 0.3 is 5.97 Å². The van der Waals surface area contributed by atoms with Crippen molar-refractivity contribution in [2.45, 2.75) is 31.8 Å². The van der Waals surface area contributed by atoms with Crippen LogP contribution in [0.25, 0.3) is 0 Å². The Labute approximate surface area is 86.8 Å². The zero-order valence-electron chi connectivity index (χ0n) is 8.40. The number of hydrogen-bond acceptors (Lipinski definition) is 5. The molecule has 0 rings (SSSR count). The number of amides is 2. The average molecular weight is 217 g/mol. The second-order valence-corrected chi connectivity index (χ2v) is 3.18. The van der Waals surface area contributed by atoms with Crippen molar-refractivity contribution in [2.24, 2.45) is 11.5 Å². The third-order valence-corrected chi connectivity index (χ3v) is 1.68. The van der Waals surface area contributed by atoms with Gasteiger partial charge in [0.25, 0.3) is 0 Å². The first-order valence-electron chi connectivity index (χ1n) is 4.42. The van der Waals surface area contributed by atoms with Gasteiger partial charge in [0.15, 0.2) is 0 Å². The van der Waals surface area contributed by atoms with Gasteiger partial charge < -0.3 is 16.6 Å². The lowest BCUT2D eigenvalue weighted by atomic mass is 10.1. The average Bonchev–Trinajstić information content (AvgIpc) is 2.13. The van der Waals surface area contributed by atoms with Crippen molar-refractivity contribution >= 4 is 17.8 Å². The molecule has 0 aromatic carbocycles. The Hall–Kier alpha value is -1.47. The monoisotopic (exact) mass is 217 g/mol. The normalized spacial score (nSPS) is 14.1. The molecule has 86 valence electrons. The fourth-order valence-corrected chi connectivity index (χ4v) is 0.724. The summed E-state index contributed by atoms with van der Waals surface area (Å²) < 4.78 is 0. The number of imide groups is 1. The number of rotatable bonds is 5. The van der Waals surface area contributed by atoms with Gasteiger partial charge in [0.05, 0.1) is 6.04 Å². The molecule has 0 saturated heterocycles. The molecule has 0 aliphatic heterocycles. The van der Waals surface area contributed by atoms with Crippen molar-refractivity contribution in [2.75, 3.05) is 0 Å². The topological polar surface area (TPSA) is 136 Å². The number of carboxylic acid groups (broad SMARTS) is 1. The Bertz CT molecular complexity index is 265. The first kappa shape index (κ1) is 13.5. The van der Waals surface area contributed by atoms with Gasteiger partial charge in [-0.05, 0) is 13.3 Å². The Morgan fingerprint density at radius 2 is 1.87 bits per heavy atom. The van der Waals surface area contributed by atoms with Gasteiger partial charge in [0.2, 0.25) is 11.8 Å². The summed E-state index contributed by atoms with van der Waals surface area (Å²) in [7, 11) is 0. The van der Waals surface area contributed by atoms with E-state index in [1.807, 2.05) is 5.32 Å². The van der Waals surface area contributed by atoms with Gasteiger partial charge in [-0.1, -0.05) is 0 Å². The molecular weight excluding hydrogens is 202 g/mol. The molecule has 7 heteroatoms. The highest BCUT2D eigenvalue weighted by atomic mass is 16.4. The van der Waals surface area contributed by atoms with Gasteiger partial charge in [0.1, 0.15) is 6.04 Å². The molecule has 0 aliphatic rings. The van der Waals surface area contributed by atoms with Crippen LogP contribution >= 0.6 is 0 Å². The highest BCUT2D eigenvalue weighted by Crippen LogP contribution is 1.94. The summed E-state index contributed by atoms with van der Waals surface area (Å²) in [6, 6.07) is -1.87. The van der Waals surface area contributed by atoms with E-state index in [-0.39, 0.29) is 12.8 Å². The van der Waals surface area contributed by atoms with Crippen molar-refractivity contribution in [3.63, 3.8) is 0 Å². The number of carbonyl (C=O) groups excluding carboxylic acids is 2. The van der Waals surface area contributed by atoms with Crippen LogP contribution in [0.3, 0.4) is 0 Å². The molecule has 0 unspecified atom stereocenters. The van der Waals surface area contributed by atoms with Crippen LogP contribution in [0.1, 0.15) is 19.8 Å². The molecule has 2 amide bonds. The van der Waals surface area contributed by atoms with Crippen LogP contribution in [0.2, 0.25) is 0 Å². The van der Waals surface area contributed by atoms with E-state index >= 15 is 0 Å². The van der Waals surface area contributed by atoms with E-state index in [1.165, 1.54) is 6.92 Å². The molecule has 6 N–H and O–H groups in total. The molecule has 0 fully saturated rings. The van der Waals surface area contributed by atoms with Crippen LogP contribution in [-0.4, -0.2) is 35.0 Å². The van der Waals surface area contributed by atoms with Crippen LogP contribution in [0.15, 0.2) is 0 Å². The van der Waals surface area contributed by atoms with Crippen LogP contribution < -0.4 is 16.8 Å². The number of hydrogen-bond donors (Lipinski definition) is 4. The first-order valence-corrected chi connectivity index (χ1v) is 4.42. The maximum absolute atomic E-state index is 11.0. The standard InChI is InChI=1S/C8H15N3O4/c1-4(9)7(13)11-6(12)3-2-5(10)8(14)15/h4-5H,2-3,9-10H2,1H3,(H,14,15)(H,11,12,13)/t4-,5-/m0/s1. The molecule has 0 saturated carbocycles. The van der Waals surface area contributed by atoms with E-state index in [4.69, 9.17) is 16.6 Å². The van der Waals surface area contributed by atoms with E-state index < -0.39 is 29.9 Å². The minimum atomic E-state index is -1.18. The van der Waals surface area contributed by atoms with Crippen LogP contribution in [0.4, 0.5) is 0 Å². The van der Waals surface area contributed by atoms with Crippen LogP contribution in [0, 0.1) is 0 Å². The van der Waals surface area contributed by atoms with Gasteiger partial charge in [0, 0.05) is 6.42 Å². The second-order valence-electron chi connectivity index (χ2n) is 3.18. The summed E-state index contributed by atoms with van der Waals surface area (Å²) in [4.78, 5) is 32.3.